The SMILES string of the molecule is CC1(C)N2CCC(C)(C1(C)C)C(C)(C)C2(C)C.CC1=NC(C)(C)C(C)(C)C1(C)C.CC1=NC(C)(C)C(C)(C)C1(C)C.CC1=NC(C)(C)C(C)(C)C1(C)C.CC1=NC(C)(C)C(C)(C)N1C.CC1=NC(C)(C)C(C)(C)N1C.CC1=NC(C)(C)C(C)(C)N1C.CC1=NC(C)(C)C(C)(C)N1C. The van der Waals surface area contributed by atoms with Crippen LogP contribution in [0.4, 0.5) is 0 Å². The van der Waals surface area contributed by atoms with Gasteiger partial charge < -0.3 is 19.6 Å². The molecule has 0 aromatic heterocycles. The summed E-state index contributed by atoms with van der Waals surface area (Å²) >= 11 is 0. The Labute approximate surface area is 604 Å². The zero-order valence-corrected chi connectivity index (χ0v) is 75.3. The van der Waals surface area contributed by atoms with Crippen molar-refractivity contribution in [1.29, 1.82) is 0 Å². The van der Waals surface area contributed by atoms with Crippen molar-refractivity contribution < 1.29 is 0 Å². The maximum absolute atomic E-state index is 4.74. The van der Waals surface area contributed by atoms with E-state index in [1.165, 1.54) is 30.1 Å². The van der Waals surface area contributed by atoms with Gasteiger partial charge in [-0.05, 0) is 274 Å². The van der Waals surface area contributed by atoms with Gasteiger partial charge in [-0.3, -0.25) is 39.8 Å². The highest BCUT2D eigenvalue weighted by Crippen LogP contribution is 2.72. The fraction of sp³-hybridized carbons (Fsp3) is 0.918. The third-order valence-electron chi connectivity index (χ3n) is 34.4. The van der Waals surface area contributed by atoms with Gasteiger partial charge in [0, 0.05) is 72.6 Å². The highest BCUT2D eigenvalue weighted by Gasteiger charge is 2.72. The zero-order chi connectivity index (χ0) is 78.3. The first-order valence-corrected chi connectivity index (χ1v) is 37.6. The van der Waals surface area contributed by atoms with E-state index >= 15 is 0 Å². The molecule has 0 aliphatic carbocycles. The van der Waals surface area contributed by atoms with E-state index in [0.717, 1.165) is 23.3 Å². The minimum Gasteiger partial charge on any atom is -0.356 e. The lowest BCUT2D eigenvalue weighted by molar-refractivity contribution is -0.293. The molecule has 10 aliphatic rings. The quantitative estimate of drug-likeness (QED) is 0.240. The summed E-state index contributed by atoms with van der Waals surface area (Å²) in [6.45, 7) is 114. The predicted molar refractivity (Wildman–Crippen MR) is 436 cm³/mol. The van der Waals surface area contributed by atoms with Crippen LogP contribution in [0.5, 0.6) is 0 Å². The Morgan fingerprint density at radius 2 is 0.381 bits per heavy atom. The van der Waals surface area contributed by atoms with Crippen LogP contribution in [-0.4, -0.2) is 172 Å². The molecule has 0 spiro atoms. The van der Waals surface area contributed by atoms with E-state index in [0.29, 0.717) is 16.2 Å². The number of piperidine rings is 3. The first kappa shape index (κ1) is 89.9. The molecular formula is C85H166N12. The Morgan fingerprint density at radius 1 is 0.216 bits per heavy atom. The molecule has 0 radical (unpaired) electrons. The van der Waals surface area contributed by atoms with Crippen molar-refractivity contribution in [3.8, 4) is 0 Å². The van der Waals surface area contributed by atoms with Gasteiger partial charge in [0.05, 0.1) is 84.3 Å². The third kappa shape index (κ3) is 14.0. The molecule has 10 heterocycles. The maximum Gasteiger partial charge on any atom is 0.0967 e. The van der Waals surface area contributed by atoms with Crippen LogP contribution < -0.4 is 0 Å². The molecule has 3 fully saturated rings. The average Bonchev–Trinajstić information content (AvgIpc) is 1.64. The molecule has 12 nitrogen and oxygen atoms in total. The van der Waals surface area contributed by atoms with Gasteiger partial charge in [0.15, 0.2) is 0 Å². The van der Waals surface area contributed by atoms with Crippen LogP contribution in [0.25, 0.3) is 0 Å². The molecule has 0 atom stereocenters. The van der Waals surface area contributed by atoms with Crippen LogP contribution in [0.3, 0.4) is 0 Å². The lowest BCUT2D eigenvalue weighted by Crippen LogP contribution is -2.82. The first-order chi connectivity index (χ1) is 41.9. The number of fused-ring (bicyclic) bond motifs is 3. The minimum atomic E-state index is 0.0475. The minimum absolute atomic E-state index is 0.0475. The monoisotopic (exact) mass is 1360 g/mol. The van der Waals surface area contributed by atoms with Crippen LogP contribution in [-0.2, 0) is 0 Å². The highest BCUT2D eigenvalue weighted by molar-refractivity contribution is 5.92. The molecule has 2 bridgehead atoms. The van der Waals surface area contributed by atoms with Gasteiger partial charge in [-0.1, -0.05) is 118 Å². The Bertz CT molecular complexity index is 2740. The summed E-state index contributed by atoms with van der Waals surface area (Å²) in [5.74, 6) is 4.56. The zero-order valence-electron chi connectivity index (χ0n) is 75.3. The average molecular weight is 1360 g/mol. The predicted octanol–water partition coefficient (Wildman–Crippen LogP) is 21.8. The normalized spacial score (nSPS) is 31.3. The van der Waals surface area contributed by atoms with Crippen molar-refractivity contribution >= 4 is 40.5 Å². The Kier molecular flexibility index (Phi) is 24.0. The summed E-state index contributed by atoms with van der Waals surface area (Å²) in [6, 6.07) is 0. The van der Waals surface area contributed by atoms with Crippen LogP contribution in [0.15, 0.2) is 34.9 Å². The number of likely N-dealkylation sites (N-methyl/N-ethyl adjacent to an activating group) is 4. The van der Waals surface area contributed by atoms with Crippen molar-refractivity contribution in [2.75, 3.05) is 34.7 Å². The van der Waals surface area contributed by atoms with E-state index in [9.17, 15) is 0 Å². The molecule has 0 unspecified atom stereocenters. The molecule has 0 aromatic carbocycles. The van der Waals surface area contributed by atoms with E-state index < -0.39 is 0 Å². The molecule has 3 saturated heterocycles. The second-order valence-corrected chi connectivity index (χ2v) is 42.5. The molecule has 0 aromatic rings. The fourth-order valence-corrected chi connectivity index (χ4v) is 16.5. The summed E-state index contributed by atoms with van der Waals surface area (Å²) in [7, 11) is 8.42. The van der Waals surface area contributed by atoms with E-state index in [1.54, 1.807) is 0 Å². The topological polar surface area (TPSA) is 103 Å². The smallest absolute Gasteiger partial charge is 0.0967 e. The first-order valence-electron chi connectivity index (χ1n) is 37.6. The maximum atomic E-state index is 4.74. The van der Waals surface area contributed by atoms with E-state index in [2.05, 4.69) is 419 Å². The molecule has 0 saturated carbocycles. The molecule has 10 aliphatic heterocycles. The van der Waals surface area contributed by atoms with Crippen molar-refractivity contribution in [2.45, 2.75) is 425 Å². The van der Waals surface area contributed by atoms with Gasteiger partial charge >= 0.3 is 0 Å². The van der Waals surface area contributed by atoms with Crippen molar-refractivity contribution in [3.63, 3.8) is 0 Å². The van der Waals surface area contributed by atoms with Crippen LogP contribution in [0.2, 0.25) is 0 Å². The molecule has 12 heteroatoms. The van der Waals surface area contributed by atoms with E-state index in [4.69, 9.17) is 15.0 Å². The summed E-state index contributed by atoms with van der Waals surface area (Å²) in [4.78, 5) is 44.4. The van der Waals surface area contributed by atoms with E-state index in [1.807, 2.05) is 0 Å². The number of aliphatic imine (C=N–C) groups is 7. The lowest BCUT2D eigenvalue weighted by atomic mass is 9.37. The second-order valence-electron chi connectivity index (χ2n) is 42.5. The number of hydrogen-bond donors (Lipinski definition) is 0. The third-order valence-corrected chi connectivity index (χ3v) is 34.4. The summed E-state index contributed by atoms with van der Waals surface area (Å²) in [6.07, 6.45) is 1.33. The van der Waals surface area contributed by atoms with Crippen LogP contribution in [0, 0.1) is 48.7 Å². The molecule has 0 N–H and O–H groups in total. The summed E-state index contributed by atoms with van der Waals surface area (Å²) in [5, 5.41) is 0. The Balaban J connectivity index is 0.000000379. The largest absolute Gasteiger partial charge is 0.356 e. The van der Waals surface area contributed by atoms with Crippen molar-refractivity contribution in [2.24, 2.45) is 83.7 Å². The number of rotatable bonds is 0. The van der Waals surface area contributed by atoms with Gasteiger partial charge in [-0.25, -0.2) is 0 Å². The van der Waals surface area contributed by atoms with E-state index in [-0.39, 0.29) is 104 Å². The Hall–Kier alpha value is -3.15. The number of hydrogen-bond acceptors (Lipinski definition) is 12. The Morgan fingerprint density at radius 3 is 0.464 bits per heavy atom. The van der Waals surface area contributed by atoms with Gasteiger partial charge in [0.1, 0.15) is 0 Å². The van der Waals surface area contributed by atoms with Gasteiger partial charge in [0.25, 0.3) is 0 Å². The van der Waals surface area contributed by atoms with Gasteiger partial charge in [-0.15, -0.1) is 0 Å². The molecular weight excluding hydrogens is 1190 g/mol. The van der Waals surface area contributed by atoms with Gasteiger partial charge in [0.2, 0.25) is 0 Å². The molecule has 10 rings (SSSR count). The van der Waals surface area contributed by atoms with Crippen LogP contribution in [0.1, 0.15) is 353 Å². The molecule has 566 valence electrons. The van der Waals surface area contributed by atoms with Gasteiger partial charge in [-0.2, -0.15) is 0 Å². The summed E-state index contributed by atoms with van der Waals surface area (Å²) < 4.78 is 0. The number of amidine groups is 4. The molecule has 0 amide bonds. The standard InChI is InChI=1S/C16H31N.3C11H21N.4C9H18N2/c1-12(2)14(5,6)17-11-10-16(12,9)13(3,4)15(17,7)8;3*1-8-9(2,3)10(4,5)11(6,7)12-8;4*1-7-10-8(2,3)9(4,5)11(7)6/h10-11H2,1-9H3;3*1-7H3;4*1-6H3. The van der Waals surface area contributed by atoms with Crippen LogP contribution >= 0.6 is 0 Å². The number of nitrogens with zero attached hydrogens (tertiary/aromatic N) is 12. The van der Waals surface area contributed by atoms with Crippen molar-refractivity contribution in [3.05, 3.63) is 0 Å². The second kappa shape index (κ2) is 25.9. The van der Waals surface area contributed by atoms with Crippen molar-refractivity contribution in [1.82, 2.24) is 24.5 Å². The lowest BCUT2D eigenvalue weighted by Gasteiger charge is -2.79. The fourth-order valence-electron chi connectivity index (χ4n) is 16.5. The summed E-state index contributed by atoms with van der Waals surface area (Å²) in [5.41, 5.74) is 8.02. The highest BCUT2D eigenvalue weighted by atomic mass is 15.3. The molecule has 97 heavy (non-hydrogen) atoms.